The predicted molar refractivity (Wildman–Crippen MR) is 242 cm³/mol. The predicted octanol–water partition coefficient (Wildman–Crippen LogP) is 15.4. The van der Waals surface area contributed by atoms with Crippen molar-refractivity contribution in [1.29, 1.82) is 0 Å². The van der Waals surface area contributed by atoms with Gasteiger partial charge in [-0.2, -0.15) is 12.1 Å². The van der Waals surface area contributed by atoms with E-state index in [-0.39, 0.29) is 36.5 Å². The van der Waals surface area contributed by atoms with E-state index >= 15 is 0 Å². The average Bonchev–Trinajstić information content (AvgIpc) is 3.59. The van der Waals surface area contributed by atoms with Crippen molar-refractivity contribution in [2.75, 3.05) is 0 Å². The van der Waals surface area contributed by atoms with Gasteiger partial charge in [0.2, 0.25) is 0 Å². The van der Waals surface area contributed by atoms with Crippen LogP contribution in [0.5, 0.6) is 0 Å². The summed E-state index contributed by atoms with van der Waals surface area (Å²) in [7, 11) is 0. The van der Waals surface area contributed by atoms with Gasteiger partial charge in [-0.25, -0.2) is 0 Å². The summed E-state index contributed by atoms with van der Waals surface area (Å²) in [5, 5.41) is 5.44. The van der Waals surface area contributed by atoms with Gasteiger partial charge in [-0.15, -0.1) is 56.9 Å². The van der Waals surface area contributed by atoms with Crippen molar-refractivity contribution in [3.63, 3.8) is 0 Å². The van der Waals surface area contributed by atoms with Crippen LogP contribution < -0.4 is 0 Å². The fourth-order valence-electron chi connectivity index (χ4n) is 7.02. The molecule has 0 heterocycles. The molecule has 0 nitrogen and oxygen atoms in total. The molecule has 288 valence electrons. The molecule has 0 aliphatic heterocycles. The molecule has 6 rings (SSSR count). The van der Waals surface area contributed by atoms with Crippen LogP contribution in [0.2, 0.25) is 0 Å². The second-order valence-electron chi connectivity index (χ2n) is 19.3. The Balaban J connectivity index is 0.000000345. The summed E-state index contributed by atoms with van der Waals surface area (Å²) in [6.07, 6.45) is 0. The molecule has 0 N–H and O–H groups in total. The molecule has 0 fully saturated rings. The van der Waals surface area contributed by atoms with Crippen LogP contribution in [0, 0.1) is 42.5 Å². The van der Waals surface area contributed by atoms with Crippen molar-refractivity contribution in [3.05, 3.63) is 144 Å². The van der Waals surface area contributed by atoms with Crippen molar-refractivity contribution in [1.82, 2.24) is 0 Å². The van der Waals surface area contributed by atoms with E-state index < -0.39 is 0 Å². The molecule has 0 atom stereocenters. The van der Waals surface area contributed by atoms with Gasteiger partial charge in [0.05, 0.1) is 0 Å². The average molecular weight is 812 g/mol. The van der Waals surface area contributed by atoms with Crippen molar-refractivity contribution < 1.29 is 23.3 Å². The van der Waals surface area contributed by atoms with Crippen LogP contribution in [0.25, 0.3) is 43.8 Å². The summed E-state index contributed by atoms with van der Waals surface area (Å²) in [6, 6.07) is 32.9. The van der Waals surface area contributed by atoms with E-state index in [1.54, 1.807) is 0 Å². The van der Waals surface area contributed by atoms with E-state index in [0.29, 0.717) is 0 Å². The number of benzene rings is 4. The normalized spacial score (nSPS) is 11.9. The Hall–Kier alpha value is -2.80. The van der Waals surface area contributed by atoms with Gasteiger partial charge in [-0.05, 0) is 68.9 Å². The zero-order chi connectivity index (χ0) is 39.1. The van der Waals surface area contributed by atoms with E-state index in [2.05, 4.69) is 203 Å². The number of aryl methyl sites for hydroxylation is 4. The monoisotopic (exact) mass is 810 g/mol. The van der Waals surface area contributed by atoms with E-state index in [1.165, 1.54) is 112 Å². The summed E-state index contributed by atoms with van der Waals surface area (Å²) < 4.78 is 0. The molecule has 0 amide bonds. The molecule has 2 heteroatoms. The van der Waals surface area contributed by atoms with Crippen LogP contribution in [0.4, 0.5) is 0 Å². The zero-order valence-corrected chi connectivity index (χ0v) is 40.5. The van der Waals surface area contributed by atoms with Crippen molar-refractivity contribution in [3.8, 4) is 22.3 Å². The molecule has 54 heavy (non-hydrogen) atoms. The van der Waals surface area contributed by atoms with E-state index in [0.717, 1.165) is 0 Å². The fourth-order valence-corrected chi connectivity index (χ4v) is 7.02. The van der Waals surface area contributed by atoms with Crippen molar-refractivity contribution >= 4 is 28.4 Å². The van der Waals surface area contributed by atoms with Crippen LogP contribution in [0.15, 0.2) is 84.9 Å². The van der Waals surface area contributed by atoms with Gasteiger partial charge in [0.1, 0.15) is 0 Å². The number of rotatable bonds is 2. The van der Waals surface area contributed by atoms with Gasteiger partial charge in [-0.1, -0.05) is 168 Å². The van der Waals surface area contributed by atoms with Gasteiger partial charge in [0.25, 0.3) is 0 Å². The zero-order valence-electron chi connectivity index (χ0n) is 37.1. The molecule has 6 aromatic carbocycles. The minimum atomic E-state index is 0. The van der Waals surface area contributed by atoms with Crippen molar-refractivity contribution in [2.45, 2.75) is 132 Å². The molecule has 0 bridgehead atoms. The second kappa shape index (κ2) is 17.6. The minimum absolute atomic E-state index is 0. The first-order chi connectivity index (χ1) is 23.9. The summed E-state index contributed by atoms with van der Waals surface area (Å²) in [5.41, 5.74) is 16.9. The summed E-state index contributed by atoms with van der Waals surface area (Å²) in [4.78, 5) is 0. The van der Waals surface area contributed by atoms with Gasteiger partial charge in [-0.3, -0.25) is 0 Å². The topological polar surface area (TPSA) is 0 Å². The molecule has 2 radical (unpaired) electrons. The molecule has 0 saturated heterocycles. The SMILES string of the molecule is Cc1cc(-c2cc(C(C)(C)C)cc(C(C)(C)C)c2)c2cc(C)[cH-]c2c1.Cc1cc(-c2cc(C(C)(C)C)cc(C(C)(C)C)c2)c2cc(C)[cH-]c2c1.[CH3-].[CH3-].[Si]=[Zr]. The van der Waals surface area contributed by atoms with E-state index in [4.69, 9.17) is 0 Å². The van der Waals surface area contributed by atoms with Crippen LogP contribution in [-0.4, -0.2) is 6.88 Å². The Morgan fingerprint density at radius 3 is 0.889 bits per heavy atom. The first-order valence-electron chi connectivity index (χ1n) is 18.8. The second-order valence-corrected chi connectivity index (χ2v) is 19.3. The van der Waals surface area contributed by atoms with Gasteiger partial charge in [0.15, 0.2) is 0 Å². The van der Waals surface area contributed by atoms with Crippen LogP contribution in [-0.2, 0) is 45.0 Å². The molecule has 0 aromatic heterocycles. The van der Waals surface area contributed by atoms with Crippen LogP contribution >= 0.6 is 0 Å². The Kier molecular flexibility index (Phi) is 15.4. The molecular formula is C52H68SiZr-4. The Morgan fingerprint density at radius 2 is 0.648 bits per heavy atom. The third-order valence-corrected chi connectivity index (χ3v) is 10.2. The van der Waals surface area contributed by atoms with Crippen LogP contribution in [0.3, 0.4) is 0 Å². The third-order valence-electron chi connectivity index (χ3n) is 10.2. The molecular weight excluding hydrogens is 744 g/mol. The van der Waals surface area contributed by atoms with Gasteiger partial charge >= 0.3 is 30.2 Å². The number of fused-ring (bicyclic) bond motifs is 2. The molecule has 0 spiro atoms. The number of hydrogen-bond acceptors (Lipinski definition) is 0. The van der Waals surface area contributed by atoms with E-state index in [9.17, 15) is 0 Å². The molecule has 0 unspecified atom stereocenters. The first kappa shape index (κ1) is 47.4. The van der Waals surface area contributed by atoms with Crippen LogP contribution in [0.1, 0.15) is 128 Å². The fraction of sp³-hybridized carbons (Fsp3) is 0.385. The molecule has 6 aromatic rings. The molecule has 0 aliphatic carbocycles. The maximum atomic E-state index is 3.06. The van der Waals surface area contributed by atoms with Crippen molar-refractivity contribution in [2.24, 2.45) is 0 Å². The third kappa shape index (κ3) is 11.2. The maximum absolute atomic E-state index is 3.06. The Morgan fingerprint density at radius 1 is 0.389 bits per heavy atom. The number of hydrogen-bond donors (Lipinski definition) is 0. The first-order valence-corrected chi connectivity index (χ1v) is 23.0. The Labute approximate surface area is 348 Å². The van der Waals surface area contributed by atoms with Gasteiger partial charge < -0.3 is 14.9 Å². The quantitative estimate of drug-likeness (QED) is 0.121. The molecule has 0 aliphatic rings. The summed E-state index contributed by atoms with van der Waals surface area (Å²) in [5.74, 6) is 0. The standard InChI is InChI=1S/2C25H31.2CH3.Si.Zr/c2*1-16-9-18-10-17(2)12-23(22(18)11-16)19-13-20(24(3,4)5)15-21(14-19)25(6,7)8;;;;/h2*9-15H,1-8H3;2*1H3;;/q4*-1;;. The van der Waals surface area contributed by atoms with E-state index in [1.807, 2.05) is 0 Å². The molecule has 0 saturated carbocycles. The summed E-state index contributed by atoms with van der Waals surface area (Å²) in [6.45, 7) is 39.5. The Bertz CT molecular complexity index is 1970. The van der Waals surface area contributed by atoms with Gasteiger partial charge in [0, 0.05) is 0 Å². The summed E-state index contributed by atoms with van der Waals surface area (Å²) >= 11 is 1.36.